The Bertz CT molecular complexity index is 649. The summed E-state index contributed by atoms with van der Waals surface area (Å²) in [4.78, 5) is 12.3. The number of amides is 1. The van der Waals surface area contributed by atoms with Crippen molar-refractivity contribution in [2.24, 2.45) is 0 Å². The second kappa shape index (κ2) is 7.22. The van der Waals surface area contributed by atoms with E-state index in [4.69, 9.17) is 0 Å². The molecule has 1 fully saturated rings. The lowest BCUT2D eigenvalue weighted by atomic mass is 10.0. The number of nitrogens with zero attached hydrogens (tertiary/aromatic N) is 1. The quantitative estimate of drug-likeness (QED) is 0.884. The Kier molecular flexibility index (Phi) is 5.53. The monoisotopic (exact) mass is 348 g/mol. The minimum atomic E-state index is -3.46. The zero-order valence-corrected chi connectivity index (χ0v) is 13.4. The van der Waals surface area contributed by atoms with Gasteiger partial charge < -0.3 is 10.1 Å². The molecule has 0 aromatic heterocycles. The maximum atomic E-state index is 12.3. The molecule has 1 aromatic rings. The van der Waals surface area contributed by atoms with E-state index in [0.29, 0.717) is 18.7 Å². The maximum absolute atomic E-state index is 12.3. The number of rotatable bonds is 5. The van der Waals surface area contributed by atoms with Crippen LogP contribution in [0.4, 0.5) is 14.5 Å². The van der Waals surface area contributed by atoms with Crippen molar-refractivity contribution in [3.63, 3.8) is 0 Å². The summed E-state index contributed by atoms with van der Waals surface area (Å²) in [5.41, 5.74) is 0.385. The highest BCUT2D eigenvalue weighted by atomic mass is 32.2. The minimum Gasteiger partial charge on any atom is -0.435 e. The van der Waals surface area contributed by atoms with Crippen LogP contribution in [0.15, 0.2) is 24.3 Å². The molecule has 1 amide bonds. The fourth-order valence-corrected chi connectivity index (χ4v) is 3.63. The van der Waals surface area contributed by atoms with Crippen LogP contribution in [0.2, 0.25) is 0 Å². The van der Waals surface area contributed by atoms with Crippen molar-refractivity contribution in [3.8, 4) is 5.75 Å². The van der Waals surface area contributed by atoms with Gasteiger partial charge in [-0.25, -0.2) is 8.42 Å². The summed E-state index contributed by atoms with van der Waals surface area (Å²) in [6.45, 7) is -2.60. The summed E-state index contributed by atoms with van der Waals surface area (Å²) in [5.74, 6) is -0.453. The van der Waals surface area contributed by atoms with Gasteiger partial charge in [0.2, 0.25) is 15.9 Å². The van der Waals surface area contributed by atoms with Crippen molar-refractivity contribution < 1.29 is 26.7 Å². The van der Waals surface area contributed by atoms with Gasteiger partial charge in [-0.2, -0.15) is 13.1 Å². The van der Waals surface area contributed by atoms with Crippen molar-refractivity contribution in [2.45, 2.75) is 31.9 Å². The summed E-state index contributed by atoms with van der Waals surface area (Å²) in [7, 11) is -3.46. The molecule has 1 aliphatic heterocycles. The molecule has 1 aliphatic rings. The third-order valence-corrected chi connectivity index (χ3v) is 4.82. The predicted molar refractivity (Wildman–Crippen MR) is 80.9 cm³/mol. The molecule has 128 valence electrons. The first-order valence-corrected chi connectivity index (χ1v) is 8.95. The first kappa shape index (κ1) is 17.6. The van der Waals surface area contributed by atoms with Gasteiger partial charge in [0.05, 0.1) is 6.26 Å². The van der Waals surface area contributed by atoms with Crippen LogP contribution in [0.3, 0.4) is 0 Å². The molecule has 6 nitrogen and oxygen atoms in total. The SMILES string of the molecule is CS(=O)(=O)N1CCCCC1C(=O)Nc1ccc(OC(F)F)cc1. The summed E-state index contributed by atoms with van der Waals surface area (Å²) >= 11 is 0. The third kappa shape index (κ3) is 4.87. The lowest BCUT2D eigenvalue weighted by Gasteiger charge is -2.32. The Morgan fingerprint density at radius 2 is 1.96 bits per heavy atom. The Morgan fingerprint density at radius 1 is 1.30 bits per heavy atom. The smallest absolute Gasteiger partial charge is 0.387 e. The van der Waals surface area contributed by atoms with E-state index in [1.807, 2.05) is 0 Å². The van der Waals surface area contributed by atoms with Crippen LogP contribution in [0.1, 0.15) is 19.3 Å². The summed E-state index contributed by atoms with van der Waals surface area (Å²) in [5, 5.41) is 2.61. The summed E-state index contributed by atoms with van der Waals surface area (Å²) in [6.07, 6.45) is 3.02. The average molecular weight is 348 g/mol. The number of ether oxygens (including phenoxy) is 1. The van der Waals surface area contributed by atoms with Gasteiger partial charge >= 0.3 is 6.61 Å². The molecule has 1 saturated heterocycles. The van der Waals surface area contributed by atoms with Crippen LogP contribution >= 0.6 is 0 Å². The second-order valence-electron chi connectivity index (χ2n) is 5.28. The minimum absolute atomic E-state index is 0.0200. The van der Waals surface area contributed by atoms with E-state index in [9.17, 15) is 22.0 Å². The van der Waals surface area contributed by atoms with E-state index in [-0.39, 0.29) is 5.75 Å². The van der Waals surface area contributed by atoms with Gasteiger partial charge in [0.15, 0.2) is 0 Å². The topological polar surface area (TPSA) is 75.7 Å². The molecule has 1 N–H and O–H groups in total. The number of hydrogen-bond acceptors (Lipinski definition) is 4. The van der Waals surface area contributed by atoms with Crippen molar-refractivity contribution >= 4 is 21.6 Å². The van der Waals surface area contributed by atoms with E-state index < -0.39 is 28.6 Å². The van der Waals surface area contributed by atoms with Gasteiger partial charge in [0, 0.05) is 12.2 Å². The van der Waals surface area contributed by atoms with E-state index >= 15 is 0 Å². The molecule has 0 saturated carbocycles. The maximum Gasteiger partial charge on any atom is 0.387 e. The number of carbonyl (C=O) groups excluding carboxylic acids is 1. The number of piperidine rings is 1. The van der Waals surface area contributed by atoms with Gasteiger partial charge in [-0.05, 0) is 37.1 Å². The van der Waals surface area contributed by atoms with Crippen molar-refractivity contribution in [1.82, 2.24) is 4.31 Å². The number of benzene rings is 1. The molecule has 0 bridgehead atoms. The highest BCUT2D eigenvalue weighted by Crippen LogP contribution is 2.22. The van der Waals surface area contributed by atoms with Crippen molar-refractivity contribution in [1.29, 1.82) is 0 Å². The number of nitrogens with one attached hydrogen (secondary N) is 1. The second-order valence-corrected chi connectivity index (χ2v) is 7.21. The average Bonchev–Trinajstić information content (AvgIpc) is 2.48. The number of hydrogen-bond donors (Lipinski definition) is 1. The van der Waals surface area contributed by atoms with Crippen molar-refractivity contribution in [3.05, 3.63) is 24.3 Å². The molecule has 0 spiro atoms. The molecule has 0 aliphatic carbocycles. The standard InChI is InChI=1S/C14H18F2N2O4S/c1-23(20,21)18-9-3-2-4-12(18)13(19)17-10-5-7-11(8-6-10)22-14(15)16/h5-8,12,14H,2-4,9H2,1H3,(H,17,19). The van der Waals surface area contributed by atoms with Crippen LogP contribution < -0.4 is 10.1 Å². The zero-order valence-electron chi connectivity index (χ0n) is 12.5. The van der Waals surface area contributed by atoms with Crippen molar-refractivity contribution in [2.75, 3.05) is 18.1 Å². The highest BCUT2D eigenvalue weighted by molar-refractivity contribution is 7.88. The lowest BCUT2D eigenvalue weighted by Crippen LogP contribution is -2.49. The zero-order chi connectivity index (χ0) is 17.0. The molecule has 1 atom stereocenters. The van der Waals surface area contributed by atoms with Crippen LogP contribution in [0.5, 0.6) is 5.75 Å². The molecule has 1 unspecified atom stereocenters. The van der Waals surface area contributed by atoms with Crippen LogP contribution in [-0.4, -0.2) is 44.1 Å². The predicted octanol–water partition coefficient (Wildman–Crippen LogP) is 2.04. The third-order valence-electron chi connectivity index (χ3n) is 3.53. The Balaban J connectivity index is 2.05. The fraction of sp³-hybridized carbons (Fsp3) is 0.500. The summed E-state index contributed by atoms with van der Waals surface area (Å²) in [6, 6.07) is 4.69. The fourth-order valence-electron chi connectivity index (χ4n) is 2.51. The molecule has 23 heavy (non-hydrogen) atoms. The molecule has 9 heteroatoms. The first-order valence-electron chi connectivity index (χ1n) is 7.10. The highest BCUT2D eigenvalue weighted by Gasteiger charge is 2.34. The summed E-state index contributed by atoms with van der Waals surface area (Å²) < 4.78 is 53.1. The van der Waals surface area contributed by atoms with Crippen LogP contribution in [-0.2, 0) is 14.8 Å². The van der Waals surface area contributed by atoms with Crippen LogP contribution in [0.25, 0.3) is 0 Å². The number of alkyl halides is 2. The van der Waals surface area contributed by atoms with E-state index in [0.717, 1.165) is 19.1 Å². The normalized spacial score (nSPS) is 19.6. The Morgan fingerprint density at radius 3 is 2.52 bits per heavy atom. The molecular weight excluding hydrogens is 330 g/mol. The van der Waals surface area contributed by atoms with Crippen LogP contribution in [0, 0.1) is 0 Å². The van der Waals surface area contributed by atoms with E-state index in [1.165, 1.54) is 28.6 Å². The van der Waals surface area contributed by atoms with Gasteiger partial charge in [-0.1, -0.05) is 6.42 Å². The van der Waals surface area contributed by atoms with E-state index in [1.54, 1.807) is 0 Å². The number of carbonyl (C=O) groups is 1. The van der Waals surface area contributed by atoms with Gasteiger partial charge in [0.25, 0.3) is 0 Å². The van der Waals surface area contributed by atoms with Gasteiger partial charge in [-0.3, -0.25) is 4.79 Å². The molecule has 0 radical (unpaired) electrons. The molecular formula is C14H18F2N2O4S. The molecule has 2 rings (SSSR count). The van der Waals surface area contributed by atoms with Gasteiger partial charge in [-0.15, -0.1) is 0 Å². The Labute approximate surface area is 133 Å². The first-order chi connectivity index (χ1) is 10.8. The van der Waals surface area contributed by atoms with E-state index in [2.05, 4.69) is 10.1 Å². The largest absolute Gasteiger partial charge is 0.435 e. The molecule has 1 aromatic carbocycles. The number of anilines is 1. The molecule has 1 heterocycles. The number of halogens is 2. The lowest BCUT2D eigenvalue weighted by molar-refractivity contribution is -0.120. The van der Waals surface area contributed by atoms with Gasteiger partial charge in [0.1, 0.15) is 11.8 Å². The number of sulfonamides is 1. The Hall–Kier alpha value is -1.74.